The smallest absolute Gasteiger partial charge is 0.129 e. The van der Waals surface area contributed by atoms with E-state index in [0.29, 0.717) is 17.8 Å². The first kappa shape index (κ1) is 21.2. The molecular weight excluding hydrogens is 433 g/mol. The summed E-state index contributed by atoms with van der Waals surface area (Å²) in [5.41, 5.74) is 3.47. The lowest BCUT2D eigenvalue weighted by atomic mass is 10.0. The Kier molecular flexibility index (Phi) is 5.62. The van der Waals surface area contributed by atoms with Gasteiger partial charge >= 0.3 is 0 Å². The van der Waals surface area contributed by atoms with E-state index < -0.39 is 0 Å². The normalized spacial score (nSPS) is 23.2. The standard InChI is InChI=1S/C26H30FN5S/c27-24-16-23(30-14-9-22(10-15-30)31-18-28-29-19-31)7-6-21(24)17-32-26(12-13-26)11-8-25(33-32)20-4-2-1-3-5-20/h1-7,16,18-19,22,25H,8-15,17H2/t25-/m1/s1. The second-order valence-corrected chi connectivity index (χ2v) is 10.9. The lowest BCUT2D eigenvalue weighted by Crippen LogP contribution is -2.36. The lowest BCUT2D eigenvalue weighted by molar-refractivity contribution is 0.276. The predicted molar refractivity (Wildman–Crippen MR) is 130 cm³/mol. The maximum Gasteiger partial charge on any atom is 0.129 e. The SMILES string of the molecule is Fc1cc(N2CCC(n3cnnc3)CC2)ccc1CN1S[C@@H](c2ccccc2)CCC12CC2. The second kappa shape index (κ2) is 8.76. The quantitative estimate of drug-likeness (QED) is 0.449. The van der Waals surface area contributed by atoms with Crippen molar-refractivity contribution in [3.63, 3.8) is 0 Å². The van der Waals surface area contributed by atoms with Crippen molar-refractivity contribution < 1.29 is 4.39 Å². The molecule has 3 fully saturated rings. The topological polar surface area (TPSA) is 37.2 Å². The van der Waals surface area contributed by atoms with Crippen molar-refractivity contribution in [2.45, 2.75) is 61.9 Å². The molecule has 1 spiro atoms. The Balaban J connectivity index is 1.13. The van der Waals surface area contributed by atoms with E-state index in [2.05, 4.69) is 60.4 Å². The van der Waals surface area contributed by atoms with Gasteiger partial charge in [-0.2, -0.15) is 0 Å². The second-order valence-electron chi connectivity index (χ2n) is 9.71. The molecule has 7 heteroatoms. The molecule has 0 N–H and O–H groups in total. The molecule has 3 heterocycles. The van der Waals surface area contributed by atoms with Gasteiger partial charge in [0.05, 0.1) is 0 Å². The van der Waals surface area contributed by atoms with Crippen LogP contribution in [0.4, 0.5) is 10.1 Å². The van der Waals surface area contributed by atoms with Crippen molar-refractivity contribution in [1.82, 2.24) is 19.1 Å². The highest BCUT2D eigenvalue weighted by Gasteiger charge is 2.51. The summed E-state index contributed by atoms with van der Waals surface area (Å²) < 4.78 is 19.9. The Labute approximate surface area is 199 Å². The van der Waals surface area contributed by atoms with Gasteiger partial charge in [-0.15, -0.1) is 10.2 Å². The van der Waals surface area contributed by atoms with E-state index in [1.54, 1.807) is 18.7 Å². The highest BCUT2D eigenvalue weighted by Crippen LogP contribution is 2.57. The van der Waals surface area contributed by atoms with Crippen LogP contribution in [-0.2, 0) is 6.54 Å². The number of benzene rings is 2. The molecule has 1 aliphatic carbocycles. The molecule has 6 rings (SSSR count). The summed E-state index contributed by atoms with van der Waals surface area (Å²) in [7, 11) is 0. The number of nitrogens with zero attached hydrogens (tertiary/aromatic N) is 5. The maximum absolute atomic E-state index is 15.3. The molecule has 0 unspecified atom stereocenters. The van der Waals surface area contributed by atoms with Crippen LogP contribution in [0.2, 0.25) is 0 Å². The highest BCUT2D eigenvalue weighted by molar-refractivity contribution is 7.97. The van der Waals surface area contributed by atoms with Gasteiger partial charge in [0.25, 0.3) is 0 Å². The molecule has 2 aromatic carbocycles. The molecule has 3 aliphatic rings. The monoisotopic (exact) mass is 463 g/mol. The minimum Gasteiger partial charge on any atom is -0.371 e. The molecule has 2 aliphatic heterocycles. The zero-order valence-corrected chi connectivity index (χ0v) is 19.6. The minimum atomic E-state index is -0.0772. The maximum atomic E-state index is 15.3. The first-order valence-corrected chi connectivity index (χ1v) is 12.9. The summed E-state index contributed by atoms with van der Waals surface area (Å²) in [5.74, 6) is -0.0772. The van der Waals surface area contributed by atoms with Gasteiger partial charge in [0, 0.05) is 47.7 Å². The summed E-state index contributed by atoms with van der Waals surface area (Å²) in [6.07, 6.45) is 10.5. The van der Waals surface area contributed by atoms with E-state index in [0.717, 1.165) is 37.2 Å². The van der Waals surface area contributed by atoms with Crippen LogP contribution < -0.4 is 4.90 Å². The van der Waals surface area contributed by atoms with Gasteiger partial charge in [-0.25, -0.2) is 8.70 Å². The van der Waals surface area contributed by atoms with Crippen LogP contribution >= 0.6 is 11.9 Å². The molecule has 33 heavy (non-hydrogen) atoms. The number of rotatable bonds is 5. The number of halogens is 1. The Hall–Kier alpha value is -2.38. The van der Waals surface area contributed by atoms with Gasteiger partial charge in [0.1, 0.15) is 18.5 Å². The van der Waals surface area contributed by atoms with Gasteiger partial charge in [-0.1, -0.05) is 48.3 Å². The molecule has 1 saturated carbocycles. The Morgan fingerprint density at radius 2 is 1.70 bits per heavy atom. The minimum absolute atomic E-state index is 0.0772. The van der Waals surface area contributed by atoms with E-state index in [4.69, 9.17) is 0 Å². The Morgan fingerprint density at radius 1 is 0.939 bits per heavy atom. The number of anilines is 1. The number of piperidine rings is 1. The van der Waals surface area contributed by atoms with E-state index in [9.17, 15) is 0 Å². The van der Waals surface area contributed by atoms with Crippen molar-refractivity contribution in [3.05, 3.63) is 78.1 Å². The first-order chi connectivity index (χ1) is 16.2. The van der Waals surface area contributed by atoms with Crippen molar-refractivity contribution in [2.24, 2.45) is 0 Å². The van der Waals surface area contributed by atoms with E-state index in [1.807, 2.05) is 18.0 Å². The van der Waals surface area contributed by atoms with Crippen LogP contribution in [0.3, 0.4) is 0 Å². The molecule has 0 amide bonds. The largest absolute Gasteiger partial charge is 0.371 e. The van der Waals surface area contributed by atoms with Crippen LogP contribution in [0.5, 0.6) is 0 Å². The fourth-order valence-electron chi connectivity index (χ4n) is 5.42. The van der Waals surface area contributed by atoms with Crippen molar-refractivity contribution in [1.29, 1.82) is 0 Å². The van der Waals surface area contributed by atoms with Crippen LogP contribution in [0, 0.1) is 5.82 Å². The number of aromatic nitrogens is 3. The number of hydrogen-bond acceptors (Lipinski definition) is 5. The summed E-state index contributed by atoms with van der Waals surface area (Å²) in [5, 5.41) is 8.31. The molecular formula is C26H30FN5S. The van der Waals surface area contributed by atoms with Gasteiger partial charge in [-0.05, 0) is 56.2 Å². The predicted octanol–water partition coefficient (Wildman–Crippen LogP) is 5.78. The lowest BCUT2D eigenvalue weighted by Gasteiger charge is -2.39. The molecule has 1 aromatic heterocycles. The van der Waals surface area contributed by atoms with Crippen molar-refractivity contribution in [3.8, 4) is 0 Å². The molecule has 1 atom stereocenters. The first-order valence-electron chi connectivity index (χ1n) is 12.1. The molecule has 0 radical (unpaired) electrons. The van der Waals surface area contributed by atoms with Crippen LogP contribution in [0.25, 0.3) is 0 Å². The third-order valence-electron chi connectivity index (χ3n) is 7.69. The fraction of sp³-hybridized carbons (Fsp3) is 0.462. The molecule has 5 nitrogen and oxygen atoms in total. The molecule has 172 valence electrons. The van der Waals surface area contributed by atoms with Crippen LogP contribution in [0.15, 0.2) is 61.2 Å². The van der Waals surface area contributed by atoms with Crippen LogP contribution in [0.1, 0.15) is 60.9 Å². The fourth-order valence-corrected chi connectivity index (χ4v) is 6.94. The Bertz CT molecular complexity index is 1080. The molecule has 2 saturated heterocycles. The van der Waals surface area contributed by atoms with Crippen molar-refractivity contribution >= 4 is 17.6 Å². The zero-order chi connectivity index (χ0) is 22.3. The van der Waals surface area contributed by atoms with E-state index in [-0.39, 0.29) is 11.4 Å². The van der Waals surface area contributed by atoms with Gasteiger partial charge in [-0.3, -0.25) is 0 Å². The molecule has 0 bridgehead atoms. The Morgan fingerprint density at radius 3 is 2.39 bits per heavy atom. The van der Waals surface area contributed by atoms with E-state index >= 15 is 4.39 Å². The van der Waals surface area contributed by atoms with Crippen molar-refractivity contribution in [2.75, 3.05) is 18.0 Å². The summed E-state index contributed by atoms with van der Waals surface area (Å²) in [6.45, 7) is 2.52. The molecule has 3 aromatic rings. The summed E-state index contributed by atoms with van der Waals surface area (Å²) in [6, 6.07) is 17.1. The van der Waals surface area contributed by atoms with Crippen LogP contribution in [-0.4, -0.2) is 37.7 Å². The summed E-state index contributed by atoms with van der Waals surface area (Å²) >= 11 is 1.93. The summed E-state index contributed by atoms with van der Waals surface area (Å²) in [4.78, 5) is 2.30. The number of hydrogen-bond donors (Lipinski definition) is 0. The zero-order valence-electron chi connectivity index (χ0n) is 18.8. The third-order valence-corrected chi connectivity index (χ3v) is 9.23. The van der Waals surface area contributed by atoms with Gasteiger partial charge in [0.2, 0.25) is 0 Å². The highest BCUT2D eigenvalue weighted by atomic mass is 32.2. The third kappa shape index (κ3) is 4.28. The van der Waals surface area contributed by atoms with Gasteiger partial charge in [0.15, 0.2) is 0 Å². The average molecular weight is 464 g/mol. The average Bonchev–Trinajstić information content (AvgIpc) is 3.42. The van der Waals surface area contributed by atoms with Gasteiger partial charge < -0.3 is 9.47 Å². The van der Waals surface area contributed by atoms with E-state index in [1.165, 1.54) is 31.2 Å².